The van der Waals surface area contributed by atoms with Gasteiger partial charge in [0.2, 0.25) is 5.88 Å². The summed E-state index contributed by atoms with van der Waals surface area (Å²) in [4.78, 5) is 21.4. The molecule has 0 aliphatic heterocycles. The number of nitrogens with zero attached hydrogens (tertiary/aromatic N) is 2. The lowest BCUT2D eigenvalue weighted by atomic mass is 9.87. The van der Waals surface area contributed by atoms with Gasteiger partial charge in [-0.1, -0.05) is 30.3 Å². The van der Waals surface area contributed by atoms with E-state index in [-0.39, 0.29) is 17.8 Å². The van der Waals surface area contributed by atoms with Crippen LogP contribution in [-0.2, 0) is 6.42 Å². The molecule has 0 saturated heterocycles. The van der Waals surface area contributed by atoms with Gasteiger partial charge in [0.15, 0.2) is 0 Å². The van der Waals surface area contributed by atoms with Crippen molar-refractivity contribution in [3.8, 4) is 22.9 Å². The van der Waals surface area contributed by atoms with E-state index in [0.717, 1.165) is 24.8 Å². The number of hydrogen-bond acceptors (Lipinski definition) is 4. The molecule has 1 N–H and O–H groups in total. The van der Waals surface area contributed by atoms with Gasteiger partial charge in [0.05, 0.1) is 11.7 Å². The van der Waals surface area contributed by atoms with Gasteiger partial charge in [-0.3, -0.25) is 4.79 Å². The Balaban J connectivity index is 1.31. The summed E-state index contributed by atoms with van der Waals surface area (Å²) in [6.07, 6.45) is 4.41. The summed E-state index contributed by atoms with van der Waals surface area (Å²) in [5, 5.41) is 3.17. The third-order valence-corrected chi connectivity index (χ3v) is 5.78. The lowest BCUT2D eigenvalue weighted by molar-refractivity contribution is 0.0932. The van der Waals surface area contributed by atoms with E-state index in [9.17, 15) is 9.18 Å². The first-order chi connectivity index (χ1) is 16.2. The number of aryl methyl sites for hydroxylation is 1. The van der Waals surface area contributed by atoms with Crippen molar-refractivity contribution in [3.63, 3.8) is 0 Å². The van der Waals surface area contributed by atoms with Gasteiger partial charge in [-0.25, -0.2) is 14.4 Å². The summed E-state index contributed by atoms with van der Waals surface area (Å²) in [6, 6.07) is 23.0. The van der Waals surface area contributed by atoms with Crippen LogP contribution in [0.25, 0.3) is 11.3 Å². The Bertz CT molecular complexity index is 1290. The van der Waals surface area contributed by atoms with Crippen LogP contribution in [0.2, 0.25) is 0 Å². The van der Waals surface area contributed by atoms with Gasteiger partial charge >= 0.3 is 0 Å². The summed E-state index contributed by atoms with van der Waals surface area (Å²) in [5.74, 6) is 0.381. The molecule has 1 amide bonds. The van der Waals surface area contributed by atoms with E-state index in [4.69, 9.17) is 4.74 Å². The van der Waals surface area contributed by atoms with Crippen molar-refractivity contribution in [2.75, 3.05) is 0 Å². The molecule has 0 spiro atoms. The summed E-state index contributed by atoms with van der Waals surface area (Å²) in [7, 11) is 0. The molecule has 5 rings (SSSR count). The Labute approximate surface area is 191 Å². The molecule has 0 radical (unpaired) electrons. The van der Waals surface area contributed by atoms with Crippen molar-refractivity contribution in [1.29, 1.82) is 0 Å². The van der Waals surface area contributed by atoms with Gasteiger partial charge in [-0.15, -0.1) is 0 Å². The third kappa shape index (κ3) is 4.75. The number of nitrogens with one attached hydrogen (secondary N) is 1. The first kappa shape index (κ1) is 20.8. The Hall–Kier alpha value is -4.06. The minimum absolute atomic E-state index is 0.00663. The van der Waals surface area contributed by atoms with E-state index in [0.29, 0.717) is 22.9 Å². The summed E-state index contributed by atoms with van der Waals surface area (Å²) < 4.78 is 19.1. The molecule has 33 heavy (non-hydrogen) atoms. The first-order valence-electron chi connectivity index (χ1n) is 10.9. The third-order valence-electron chi connectivity index (χ3n) is 5.78. The molecule has 3 aromatic carbocycles. The van der Waals surface area contributed by atoms with Crippen LogP contribution in [0.5, 0.6) is 11.6 Å². The molecule has 1 aliphatic rings. The number of carbonyl (C=O) groups is 1. The molecule has 164 valence electrons. The Kier molecular flexibility index (Phi) is 5.81. The largest absolute Gasteiger partial charge is 0.439 e. The van der Waals surface area contributed by atoms with Crippen molar-refractivity contribution in [3.05, 3.63) is 108 Å². The van der Waals surface area contributed by atoms with Crippen LogP contribution in [0.4, 0.5) is 4.39 Å². The van der Waals surface area contributed by atoms with Gasteiger partial charge in [0, 0.05) is 17.2 Å². The number of ether oxygens (including phenoxy) is 1. The first-order valence-corrected chi connectivity index (χ1v) is 10.9. The molecule has 5 nitrogen and oxygen atoms in total. The van der Waals surface area contributed by atoms with Crippen LogP contribution in [0.3, 0.4) is 0 Å². The maximum atomic E-state index is 13.2. The van der Waals surface area contributed by atoms with Crippen molar-refractivity contribution in [2.45, 2.75) is 25.3 Å². The number of rotatable bonds is 5. The quantitative estimate of drug-likeness (QED) is 0.422. The van der Waals surface area contributed by atoms with Crippen LogP contribution in [0.15, 0.2) is 85.2 Å². The van der Waals surface area contributed by atoms with Gasteiger partial charge in [-0.05, 0) is 72.9 Å². The molecular weight excluding hydrogens is 417 g/mol. The van der Waals surface area contributed by atoms with E-state index in [1.165, 1.54) is 29.6 Å². The van der Waals surface area contributed by atoms with Crippen LogP contribution >= 0.6 is 0 Å². The highest BCUT2D eigenvalue weighted by molar-refractivity contribution is 5.94. The number of benzene rings is 3. The minimum atomic E-state index is -0.309. The fourth-order valence-corrected chi connectivity index (χ4v) is 4.14. The fraction of sp³-hybridized carbons (Fsp3) is 0.148. The molecule has 0 fully saturated rings. The second-order valence-electron chi connectivity index (χ2n) is 8.00. The average Bonchev–Trinajstić information content (AvgIpc) is 2.85. The molecule has 0 bridgehead atoms. The van der Waals surface area contributed by atoms with Gasteiger partial charge in [0.1, 0.15) is 17.9 Å². The molecular formula is C27H22FN3O2. The maximum Gasteiger partial charge on any atom is 0.251 e. The Morgan fingerprint density at radius 3 is 2.70 bits per heavy atom. The van der Waals surface area contributed by atoms with E-state index in [1.54, 1.807) is 42.5 Å². The topological polar surface area (TPSA) is 64.1 Å². The zero-order chi connectivity index (χ0) is 22.6. The lowest BCUT2D eigenvalue weighted by Gasteiger charge is -2.26. The molecule has 4 aromatic rings. The van der Waals surface area contributed by atoms with E-state index >= 15 is 0 Å². The number of fused-ring (bicyclic) bond motifs is 1. The smallest absolute Gasteiger partial charge is 0.251 e. The minimum Gasteiger partial charge on any atom is -0.439 e. The number of halogens is 1. The number of carbonyl (C=O) groups excluding carboxylic acids is 1. The SMILES string of the molecule is O=C(NC1CCCc2ccccc21)c1cccc(Oc2cc(-c3ccc(F)cc3)ncn2)c1. The molecule has 1 aliphatic carbocycles. The molecule has 1 atom stereocenters. The zero-order valence-electron chi connectivity index (χ0n) is 17.9. The normalized spacial score (nSPS) is 14.9. The summed E-state index contributed by atoms with van der Waals surface area (Å²) >= 11 is 0. The van der Waals surface area contributed by atoms with Gasteiger partial charge in [0.25, 0.3) is 5.91 Å². The molecule has 6 heteroatoms. The van der Waals surface area contributed by atoms with Crippen LogP contribution < -0.4 is 10.1 Å². The monoisotopic (exact) mass is 439 g/mol. The summed E-state index contributed by atoms with van der Waals surface area (Å²) in [6.45, 7) is 0. The van der Waals surface area contributed by atoms with E-state index in [2.05, 4.69) is 27.4 Å². The van der Waals surface area contributed by atoms with Gasteiger partial charge < -0.3 is 10.1 Å². The zero-order valence-corrected chi connectivity index (χ0v) is 17.9. The predicted octanol–water partition coefficient (Wildman–Crippen LogP) is 5.88. The molecule has 1 heterocycles. The Morgan fingerprint density at radius 2 is 1.82 bits per heavy atom. The molecule has 1 aromatic heterocycles. The van der Waals surface area contributed by atoms with Crippen molar-refractivity contribution >= 4 is 5.91 Å². The lowest BCUT2D eigenvalue weighted by Crippen LogP contribution is -2.30. The molecule has 1 unspecified atom stereocenters. The summed E-state index contributed by atoms with van der Waals surface area (Å²) in [5.41, 5.74) is 4.38. The number of hydrogen-bond donors (Lipinski definition) is 1. The highest BCUT2D eigenvalue weighted by Gasteiger charge is 2.22. The van der Waals surface area contributed by atoms with Crippen LogP contribution in [0, 0.1) is 5.82 Å². The van der Waals surface area contributed by atoms with Crippen LogP contribution in [-0.4, -0.2) is 15.9 Å². The Morgan fingerprint density at radius 1 is 0.970 bits per heavy atom. The van der Waals surface area contributed by atoms with E-state index < -0.39 is 0 Å². The fourth-order valence-electron chi connectivity index (χ4n) is 4.14. The highest BCUT2D eigenvalue weighted by Crippen LogP contribution is 2.30. The molecule has 0 saturated carbocycles. The van der Waals surface area contributed by atoms with Crippen LogP contribution in [0.1, 0.15) is 40.4 Å². The number of amides is 1. The second-order valence-corrected chi connectivity index (χ2v) is 8.00. The predicted molar refractivity (Wildman–Crippen MR) is 124 cm³/mol. The standard InChI is InChI=1S/C27H22FN3O2/c28-21-13-11-19(12-14-21)25-16-26(30-17-29-25)33-22-8-3-7-20(15-22)27(32)31-24-10-4-6-18-5-1-2-9-23(18)24/h1-3,5,7-9,11-17,24H,4,6,10H2,(H,31,32). The van der Waals surface area contributed by atoms with E-state index in [1.807, 2.05) is 12.1 Å². The van der Waals surface area contributed by atoms with Crippen molar-refractivity contribution < 1.29 is 13.9 Å². The average molecular weight is 439 g/mol. The number of aromatic nitrogens is 2. The van der Waals surface area contributed by atoms with Gasteiger partial charge in [-0.2, -0.15) is 0 Å². The maximum absolute atomic E-state index is 13.2. The second kappa shape index (κ2) is 9.20. The van der Waals surface area contributed by atoms with Crippen molar-refractivity contribution in [1.82, 2.24) is 15.3 Å². The highest BCUT2D eigenvalue weighted by atomic mass is 19.1. The van der Waals surface area contributed by atoms with Crippen molar-refractivity contribution in [2.24, 2.45) is 0 Å².